The highest BCUT2D eigenvalue weighted by Gasteiger charge is 2.33. The smallest absolute Gasteiger partial charge is 0.433 e. The molecule has 0 radical (unpaired) electrons. The van der Waals surface area contributed by atoms with E-state index in [-0.39, 0.29) is 16.8 Å². The molecule has 0 aromatic carbocycles. The molecular formula is C9H7BrF3NO2. The maximum absolute atomic E-state index is 12.3. The summed E-state index contributed by atoms with van der Waals surface area (Å²) < 4.78 is 41.7. The van der Waals surface area contributed by atoms with Gasteiger partial charge in [0.1, 0.15) is 5.69 Å². The molecule has 3 nitrogen and oxygen atoms in total. The van der Waals surface area contributed by atoms with E-state index in [2.05, 4.69) is 25.7 Å². The van der Waals surface area contributed by atoms with Gasteiger partial charge in [0.05, 0.1) is 11.1 Å². The van der Waals surface area contributed by atoms with Crippen molar-refractivity contribution in [2.75, 3.05) is 6.61 Å². The van der Waals surface area contributed by atoms with Crippen molar-refractivity contribution in [2.45, 2.75) is 13.1 Å². The zero-order chi connectivity index (χ0) is 12.3. The van der Waals surface area contributed by atoms with Crippen molar-refractivity contribution < 1.29 is 22.7 Å². The van der Waals surface area contributed by atoms with E-state index in [0.29, 0.717) is 0 Å². The second-order valence-electron chi connectivity index (χ2n) is 2.75. The molecule has 0 saturated heterocycles. The van der Waals surface area contributed by atoms with Crippen molar-refractivity contribution in [2.24, 2.45) is 0 Å². The van der Waals surface area contributed by atoms with Gasteiger partial charge in [-0.1, -0.05) is 0 Å². The van der Waals surface area contributed by atoms with E-state index in [1.54, 1.807) is 6.92 Å². The molecule has 0 unspecified atom stereocenters. The van der Waals surface area contributed by atoms with Crippen LogP contribution in [-0.2, 0) is 10.9 Å². The summed E-state index contributed by atoms with van der Waals surface area (Å²) in [6, 6.07) is 1.90. The van der Waals surface area contributed by atoms with Crippen LogP contribution in [0.2, 0.25) is 0 Å². The van der Waals surface area contributed by atoms with E-state index in [0.717, 1.165) is 12.1 Å². The van der Waals surface area contributed by atoms with Crippen LogP contribution >= 0.6 is 15.9 Å². The minimum Gasteiger partial charge on any atom is -0.461 e. The highest BCUT2D eigenvalue weighted by molar-refractivity contribution is 9.10. The normalized spacial score (nSPS) is 11.3. The predicted octanol–water partition coefficient (Wildman–Crippen LogP) is 3.04. The summed E-state index contributed by atoms with van der Waals surface area (Å²) in [6.07, 6.45) is -4.58. The molecule has 0 fully saturated rings. The first-order valence-electron chi connectivity index (χ1n) is 4.27. The van der Waals surface area contributed by atoms with Crippen molar-refractivity contribution in [1.29, 1.82) is 0 Å². The fourth-order valence-electron chi connectivity index (χ4n) is 0.943. The minimum atomic E-state index is -4.58. The van der Waals surface area contributed by atoms with E-state index < -0.39 is 17.8 Å². The Morgan fingerprint density at radius 1 is 1.50 bits per heavy atom. The SMILES string of the molecule is CCOC(=O)c1nc(C(F)(F)F)ccc1Br. The highest BCUT2D eigenvalue weighted by Crippen LogP contribution is 2.29. The maximum atomic E-state index is 12.3. The van der Waals surface area contributed by atoms with Gasteiger partial charge in [0, 0.05) is 0 Å². The number of carbonyl (C=O) groups is 1. The number of ether oxygens (including phenoxy) is 1. The molecule has 16 heavy (non-hydrogen) atoms. The lowest BCUT2D eigenvalue weighted by Gasteiger charge is -2.08. The fourth-order valence-corrected chi connectivity index (χ4v) is 1.33. The second kappa shape index (κ2) is 4.82. The second-order valence-corrected chi connectivity index (χ2v) is 3.60. The molecule has 1 rings (SSSR count). The van der Waals surface area contributed by atoms with Crippen LogP contribution in [-0.4, -0.2) is 17.6 Å². The van der Waals surface area contributed by atoms with Gasteiger partial charge >= 0.3 is 12.1 Å². The summed E-state index contributed by atoms with van der Waals surface area (Å²) >= 11 is 2.94. The number of pyridine rings is 1. The van der Waals surface area contributed by atoms with Crippen LogP contribution in [0.1, 0.15) is 23.1 Å². The largest absolute Gasteiger partial charge is 0.461 e. The third kappa shape index (κ3) is 2.94. The van der Waals surface area contributed by atoms with Gasteiger partial charge in [0.2, 0.25) is 0 Å². The molecule has 0 aliphatic heterocycles. The van der Waals surface area contributed by atoms with Crippen LogP contribution in [0.25, 0.3) is 0 Å². The van der Waals surface area contributed by atoms with Crippen molar-refractivity contribution in [3.05, 3.63) is 28.0 Å². The van der Waals surface area contributed by atoms with Gasteiger partial charge in [-0.15, -0.1) is 0 Å². The predicted molar refractivity (Wildman–Crippen MR) is 52.9 cm³/mol. The van der Waals surface area contributed by atoms with Gasteiger partial charge in [0.25, 0.3) is 0 Å². The number of nitrogens with zero attached hydrogens (tertiary/aromatic N) is 1. The Morgan fingerprint density at radius 2 is 2.12 bits per heavy atom. The first-order valence-corrected chi connectivity index (χ1v) is 5.06. The monoisotopic (exact) mass is 297 g/mol. The molecule has 7 heteroatoms. The molecule has 0 amide bonds. The summed E-state index contributed by atoms with van der Waals surface area (Å²) in [7, 11) is 0. The Kier molecular flexibility index (Phi) is 3.90. The van der Waals surface area contributed by atoms with Gasteiger partial charge in [-0.25, -0.2) is 9.78 Å². The molecule has 1 aromatic rings. The standard InChI is InChI=1S/C9H7BrF3NO2/c1-2-16-8(15)7-5(10)3-4-6(14-7)9(11,12)13/h3-4H,2H2,1H3. The Balaban J connectivity index is 3.14. The zero-order valence-electron chi connectivity index (χ0n) is 8.14. The van der Waals surface area contributed by atoms with Crippen molar-refractivity contribution >= 4 is 21.9 Å². The Bertz CT molecular complexity index is 406. The van der Waals surface area contributed by atoms with Crippen molar-refractivity contribution in [3.8, 4) is 0 Å². The quantitative estimate of drug-likeness (QED) is 0.788. The van der Waals surface area contributed by atoms with Gasteiger partial charge in [0.15, 0.2) is 5.69 Å². The number of hydrogen-bond donors (Lipinski definition) is 0. The number of esters is 1. The maximum Gasteiger partial charge on any atom is 0.433 e. The summed E-state index contributed by atoms with van der Waals surface area (Å²) in [5.74, 6) is -0.888. The van der Waals surface area contributed by atoms with E-state index in [1.807, 2.05) is 0 Å². The minimum absolute atomic E-state index is 0.0726. The number of hydrogen-bond acceptors (Lipinski definition) is 3. The third-order valence-corrected chi connectivity index (χ3v) is 2.25. The molecule has 1 heterocycles. The number of alkyl halides is 3. The van der Waals surface area contributed by atoms with Gasteiger partial charge < -0.3 is 4.74 Å². The summed E-state index contributed by atoms with van der Waals surface area (Å²) in [5.41, 5.74) is -1.50. The molecule has 0 spiro atoms. The van der Waals surface area contributed by atoms with Crippen LogP contribution in [0, 0.1) is 0 Å². The average Bonchev–Trinajstić information content (AvgIpc) is 2.16. The fraction of sp³-hybridized carbons (Fsp3) is 0.333. The lowest BCUT2D eigenvalue weighted by atomic mass is 10.3. The van der Waals surface area contributed by atoms with Crippen LogP contribution in [0.15, 0.2) is 16.6 Å². The van der Waals surface area contributed by atoms with Crippen LogP contribution in [0.5, 0.6) is 0 Å². The van der Waals surface area contributed by atoms with Gasteiger partial charge in [-0.05, 0) is 35.0 Å². The van der Waals surface area contributed by atoms with Crippen LogP contribution < -0.4 is 0 Å². The Hall–Kier alpha value is -1.11. The first-order chi connectivity index (χ1) is 7.36. The van der Waals surface area contributed by atoms with Crippen LogP contribution in [0.4, 0.5) is 13.2 Å². The van der Waals surface area contributed by atoms with Crippen LogP contribution in [0.3, 0.4) is 0 Å². The molecule has 0 aliphatic carbocycles. The lowest BCUT2D eigenvalue weighted by molar-refractivity contribution is -0.141. The third-order valence-electron chi connectivity index (χ3n) is 1.61. The molecular weight excluding hydrogens is 291 g/mol. The number of rotatable bonds is 2. The van der Waals surface area contributed by atoms with Crippen molar-refractivity contribution in [1.82, 2.24) is 4.98 Å². The average molecular weight is 298 g/mol. The molecule has 88 valence electrons. The molecule has 1 aromatic heterocycles. The molecule has 0 bridgehead atoms. The van der Waals surface area contributed by atoms with Gasteiger partial charge in [-0.2, -0.15) is 13.2 Å². The number of aromatic nitrogens is 1. The summed E-state index contributed by atoms with van der Waals surface area (Å²) in [5, 5.41) is 0. The van der Waals surface area contributed by atoms with Gasteiger partial charge in [-0.3, -0.25) is 0 Å². The zero-order valence-corrected chi connectivity index (χ0v) is 9.72. The van der Waals surface area contributed by atoms with E-state index in [1.165, 1.54) is 0 Å². The highest BCUT2D eigenvalue weighted by atomic mass is 79.9. The summed E-state index contributed by atoms with van der Waals surface area (Å²) in [6.45, 7) is 1.63. The number of carbonyl (C=O) groups excluding carboxylic acids is 1. The van der Waals surface area contributed by atoms with E-state index in [9.17, 15) is 18.0 Å². The first kappa shape index (κ1) is 13.0. The topological polar surface area (TPSA) is 39.2 Å². The Labute approximate surface area is 97.8 Å². The van der Waals surface area contributed by atoms with Crippen molar-refractivity contribution in [3.63, 3.8) is 0 Å². The van der Waals surface area contributed by atoms with E-state index >= 15 is 0 Å². The Morgan fingerprint density at radius 3 is 2.62 bits per heavy atom. The molecule has 0 saturated carbocycles. The lowest BCUT2D eigenvalue weighted by Crippen LogP contribution is -2.14. The molecule has 0 atom stereocenters. The summed E-state index contributed by atoms with van der Waals surface area (Å²) in [4.78, 5) is 14.5. The molecule has 0 aliphatic rings. The van der Waals surface area contributed by atoms with E-state index in [4.69, 9.17) is 0 Å². The molecule has 0 N–H and O–H groups in total. The number of halogens is 4.